The zero-order valence-electron chi connectivity index (χ0n) is 10.8. The smallest absolute Gasteiger partial charge is 0.341 e. The van der Waals surface area contributed by atoms with Crippen molar-refractivity contribution in [2.45, 2.75) is 0 Å². The summed E-state index contributed by atoms with van der Waals surface area (Å²) in [7, 11) is 0. The molecule has 2 N–H and O–H groups in total. The van der Waals surface area contributed by atoms with Crippen molar-refractivity contribution in [3.8, 4) is 11.5 Å². The highest BCUT2D eigenvalue weighted by molar-refractivity contribution is 5.68. The molecule has 20 heavy (non-hydrogen) atoms. The Morgan fingerprint density at radius 3 is 1.75 bits per heavy atom. The van der Waals surface area contributed by atoms with Crippen molar-refractivity contribution in [2.24, 2.45) is 0 Å². The molecule has 0 aliphatic carbocycles. The van der Waals surface area contributed by atoms with Gasteiger partial charge in [-0.05, 0) is 24.3 Å². The fraction of sp³-hybridized carbons (Fsp3) is 0.0667. The molecular formula is C15H16O5. The Labute approximate surface area is 117 Å². The van der Waals surface area contributed by atoms with Gasteiger partial charge in [-0.2, -0.15) is 0 Å². The number of hydrogen-bond donors (Lipinski definition) is 2. The Balaban J connectivity index is 0.000000345. The van der Waals surface area contributed by atoms with Crippen molar-refractivity contribution >= 4 is 12.8 Å². The number of carboxylic acids is 1. The van der Waals surface area contributed by atoms with Crippen LogP contribution in [0.5, 0.6) is 11.5 Å². The fourth-order valence-electron chi connectivity index (χ4n) is 1.09. The van der Waals surface area contributed by atoms with Gasteiger partial charge in [-0.15, -0.1) is 0 Å². The van der Waals surface area contributed by atoms with Gasteiger partial charge in [-0.1, -0.05) is 36.4 Å². The first-order valence-electron chi connectivity index (χ1n) is 5.61. The predicted molar refractivity (Wildman–Crippen MR) is 74.8 cm³/mol. The molecule has 2 rings (SSSR count). The van der Waals surface area contributed by atoms with Gasteiger partial charge in [-0.3, -0.25) is 0 Å². The lowest BCUT2D eigenvalue weighted by Crippen LogP contribution is -2.09. The summed E-state index contributed by atoms with van der Waals surface area (Å²) < 4.78 is 4.87. The number of aliphatic carboxylic acids is 1. The van der Waals surface area contributed by atoms with Crippen LogP contribution in [-0.4, -0.2) is 29.6 Å². The first kappa shape index (κ1) is 17.2. The van der Waals surface area contributed by atoms with Gasteiger partial charge in [0, 0.05) is 0 Å². The lowest BCUT2D eigenvalue weighted by Gasteiger charge is -2.00. The summed E-state index contributed by atoms with van der Waals surface area (Å²) in [4.78, 5) is 18.0. The Kier molecular flexibility index (Phi) is 9.69. The molecule has 106 valence electrons. The van der Waals surface area contributed by atoms with Crippen LogP contribution in [0.25, 0.3) is 0 Å². The first-order chi connectivity index (χ1) is 9.68. The molecule has 0 bridgehead atoms. The Morgan fingerprint density at radius 2 is 1.40 bits per heavy atom. The molecule has 2 aromatic carbocycles. The predicted octanol–water partition coefficient (Wildman–Crippen LogP) is 2.36. The molecule has 0 amide bonds. The van der Waals surface area contributed by atoms with Crippen LogP contribution < -0.4 is 4.74 Å². The maximum atomic E-state index is 10.0. The van der Waals surface area contributed by atoms with Crippen LogP contribution in [0, 0.1) is 0 Å². The number of hydrogen-bond acceptors (Lipinski definition) is 4. The molecule has 0 aliphatic heterocycles. The summed E-state index contributed by atoms with van der Waals surface area (Å²) >= 11 is 0. The Morgan fingerprint density at radius 1 is 0.950 bits per heavy atom. The summed E-state index contributed by atoms with van der Waals surface area (Å²) in [6, 6.07) is 17.6. The van der Waals surface area contributed by atoms with E-state index >= 15 is 0 Å². The van der Waals surface area contributed by atoms with E-state index in [-0.39, 0.29) is 6.61 Å². The van der Waals surface area contributed by atoms with E-state index in [9.17, 15) is 4.79 Å². The average Bonchev–Trinajstić information content (AvgIpc) is 2.50. The minimum Gasteiger partial charge on any atom is -0.508 e. The Hall–Kier alpha value is -2.82. The first-order valence-corrected chi connectivity index (χ1v) is 5.61. The quantitative estimate of drug-likeness (QED) is 0.899. The number of carbonyl (C=O) groups excluding carboxylic acids is 1. The maximum absolute atomic E-state index is 10.0. The number of ether oxygens (including phenoxy) is 1. The van der Waals surface area contributed by atoms with Crippen molar-refractivity contribution in [3.05, 3.63) is 60.7 Å². The van der Waals surface area contributed by atoms with Gasteiger partial charge in [0.1, 0.15) is 18.3 Å². The van der Waals surface area contributed by atoms with E-state index in [1.807, 2.05) is 18.9 Å². The number of phenols is 1. The average molecular weight is 276 g/mol. The van der Waals surface area contributed by atoms with E-state index in [1.165, 1.54) is 0 Å². The minimum absolute atomic E-state index is 0.288. The molecule has 5 heteroatoms. The molecule has 0 atom stereocenters. The molecule has 0 fully saturated rings. The molecule has 0 saturated carbocycles. The number of aromatic hydroxyl groups is 1. The third-order valence-corrected chi connectivity index (χ3v) is 1.86. The lowest BCUT2D eigenvalue weighted by molar-refractivity contribution is -0.139. The van der Waals surface area contributed by atoms with Gasteiger partial charge in [0.05, 0.1) is 0 Å². The van der Waals surface area contributed by atoms with E-state index in [1.54, 1.807) is 48.5 Å². The van der Waals surface area contributed by atoms with Crippen molar-refractivity contribution in [3.63, 3.8) is 0 Å². The van der Waals surface area contributed by atoms with Crippen LogP contribution in [0.3, 0.4) is 0 Å². The number of carboxylic acid groups (broad SMARTS) is 1. The molecule has 0 heterocycles. The second kappa shape index (κ2) is 11.3. The van der Waals surface area contributed by atoms with Crippen LogP contribution in [0.15, 0.2) is 60.7 Å². The largest absolute Gasteiger partial charge is 0.508 e. The van der Waals surface area contributed by atoms with Gasteiger partial charge >= 0.3 is 5.97 Å². The lowest BCUT2D eigenvalue weighted by atomic mass is 10.3. The van der Waals surface area contributed by atoms with Crippen LogP contribution >= 0.6 is 0 Å². The number of phenolic OH excluding ortho intramolecular Hbond substituents is 1. The van der Waals surface area contributed by atoms with Crippen molar-refractivity contribution < 1.29 is 24.5 Å². The van der Waals surface area contributed by atoms with E-state index in [2.05, 4.69) is 0 Å². The maximum Gasteiger partial charge on any atom is 0.341 e. The molecule has 2 aromatic rings. The molecule has 0 unspecified atom stereocenters. The van der Waals surface area contributed by atoms with Crippen molar-refractivity contribution in [1.29, 1.82) is 0 Å². The third kappa shape index (κ3) is 9.23. The number of carbonyl (C=O) groups is 2. The van der Waals surface area contributed by atoms with Gasteiger partial charge < -0.3 is 19.7 Å². The monoisotopic (exact) mass is 276 g/mol. The third-order valence-electron chi connectivity index (χ3n) is 1.86. The molecule has 5 nitrogen and oxygen atoms in total. The van der Waals surface area contributed by atoms with Gasteiger partial charge in [0.25, 0.3) is 0 Å². The van der Waals surface area contributed by atoms with E-state index in [4.69, 9.17) is 19.7 Å². The molecule has 0 aliphatic rings. The van der Waals surface area contributed by atoms with E-state index < -0.39 is 5.97 Å². The molecule has 0 saturated heterocycles. The van der Waals surface area contributed by atoms with Gasteiger partial charge in [0.2, 0.25) is 0 Å². The SMILES string of the molecule is C=O.O=C(O)COc1ccccc1.Oc1ccccc1. The van der Waals surface area contributed by atoms with Crippen molar-refractivity contribution in [1.82, 2.24) is 0 Å². The topological polar surface area (TPSA) is 83.8 Å². The standard InChI is InChI=1S/C8H8O3.C6H6O.CH2O/c9-8(10)6-11-7-4-2-1-3-5-7;7-6-4-2-1-3-5-6;1-2/h1-5H,6H2,(H,9,10);1-5,7H;1H2. The van der Waals surface area contributed by atoms with Gasteiger partial charge in [0.15, 0.2) is 6.61 Å². The highest BCUT2D eigenvalue weighted by Crippen LogP contribution is 2.07. The highest BCUT2D eigenvalue weighted by atomic mass is 16.5. The van der Waals surface area contributed by atoms with Crippen LogP contribution in [0.1, 0.15) is 0 Å². The van der Waals surface area contributed by atoms with E-state index in [0.29, 0.717) is 11.5 Å². The number of benzene rings is 2. The summed E-state index contributed by atoms with van der Waals surface area (Å²) in [6.45, 7) is 1.71. The molecule has 0 spiro atoms. The second-order valence-electron chi connectivity index (χ2n) is 3.33. The fourth-order valence-corrected chi connectivity index (χ4v) is 1.09. The Bertz CT molecular complexity index is 470. The number of rotatable bonds is 3. The zero-order chi connectivity index (χ0) is 15.2. The van der Waals surface area contributed by atoms with E-state index in [0.717, 1.165) is 0 Å². The van der Waals surface area contributed by atoms with Crippen LogP contribution in [0.2, 0.25) is 0 Å². The summed E-state index contributed by atoms with van der Waals surface area (Å²) in [6.07, 6.45) is 0. The summed E-state index contributed by atoms with van der Waals surface area (Å²) in [5.74, 6) is -0.0637. The summed E-state index contributed by atoms with van der Waals surface area (Å²) in [5, 5.41) is 16.9. The molecule has 0 aromatic heterocycles. The minimum atomic E-state index is -0.964. The highest BCUT2D eigenvalue weighted by Gasteiger charge is 1.96. The summed E-state index contributed by atoms with van der Waals surface area (Å²) in [5.41, 5.74) is 0. The molecule has 0 radical (unpaired) electrons. The normalized spacial score (nSPS) is 8.20. The van der Waals surface area contributed by atoms with Gasteiger partial charge in [-0.25, -0.2) is 4.79 Å². The van der Waals surface area contributed by atoms with Crippen LogP contribution in [0.4, 0.5) is 0 Å². The van der Waals surface area contributed by atoms with Crippen molar-refractivity contribution in [2.75, 3.05) is 6.61 Å². The number of para-hydroxylation sites is 2. The zero-order valence-corrected chi connectivity index (χ0v) is 10.8. The molecular weight excluding hydrogens is 260 g/mol. The van der Waals surface area contributed by atoms with Crippen LogP contribution in [-0.2, 0) is 9.59 Å². The second-order valence-corrected chi connectivity index (χ2v) is 3.33.